The molecule has 0 N–H and O–H groups in total. The van der Waals surface area contributed by atoms with Crippen molar-refractivity contribution in [2.75, 3.05) is 0 Å². The van der Waals surface area contributed by atoms with Crippen molar-refractivity contribution in [1.82, 2.24) is 0 Å². The molecule has 0 aliphatic heterocycles. The molecular formula is C15H15O2. The number of hydrogen-bond acceptors (Lipinski definition) is 2. The zero-order valence-electron chi connectivity index (χ0n) is 9.80. The van der Waals surface area contributed by atoms with Gasteiger partial charge in [-0.3, -0.25) is 0 Å². The number of ether oxygens (including phenoxy) is 2. The molecule has 87 valence electrons. The van der Waals surface area contributed by atoms with Crippen LogP contribution in [0.2, 0.25) is 0 Å². The first kappa shape index (κ1) is 11.5. The van der Waals surface area contributed by atoms with Crippen LogP contribution >= 0.6 is 0 Å². The van der Waals surface area contributed by atoms with Crippen molar-refractivity contribution >= 4 is 0 Å². The summed E-state index contributed by atoms with van der Waals surface area (Å²) in [4.78, 5) is 0. The third-order valence-electron chi connectivity index (χ3n) is 2.28. The molecule has 0 bridgehead atoms. The highest BCUT2D eigenvalue weighted by Crippen LogP contribution is 2.16. The third-order valence-corrected chi connectivity index (χ3v) is 2.28. The first-order chi connectivity index (χ1) is 8.38. The largest absolute Gasteiger partial charge is 0.455 e. The van der Waals surface area contributed by atoms with E-state index in [1.54, 1.807) is 0 Å². The van der Waals surface area contributed by atoms with E-state index in [1.807, 2.05) is 61.5 Å². The molecule has 17 heavy (non-hydrogen) atoms. The summed E-state index contributed by atoms with van der Waals surface area (Å²) in [6, 6.07) is 20.2. The van der Waals surface area contributed by atoms with Gasteiger partial charge in [-0.25, -0.2) is 0 Å². The summed E-state index contributed by atoms with van der Waals surface area (Å²) in [5.41, 5.74) is 0. The van der Waals surface area contributed by atoms with E-state index in [2.05, 4.69) is 6.07 Å². The zero-order valence-corrected chi connectivity index (χ0v) is 9.80. The van der Waals surface area contributed by atoms with Gasteiger partial charge in [-0.15, -0.1) is 0 Å². The molecular weight excluding hydrogens is 212 g/mol. The molecule has 0 heterocycles. The Balaban J connectivity index is 1.98. The SMILES string of the molecule is CCC(Oc1[c]cccc1)Oc1ccccc1. The van der Waals surface area contributed by atoms with Gasteiger partial charge in [-0.1, -0.05) is 43.3 Å². The van der Waals surface area contributed by atoms with Crippen LogP contribution in [0, 0.1) is 6.07 Å². The molecule has 0 saturated heterocycles. The van der Waals surface area contributed by atoms with Crippen LogP contribution in [-0.4, -0.2) is 6.29 Å². The lowest BCUT2D eigenvalue weighted by atomic mass is 10.3. The van der Waals surface area contributed by atoms with E-state index in [0.717, 1.165) is 12.2 Å². The maximum atomic E-state index is 5.73. The van der Waals surface area contributed by atoms with E-state index >= 15 is 0 Å². The molecule has 0 aliphatic carbocycles. The van der Waals surface area contributed by atoms with Crippen LogP contribution in [0.15, 0.2) is 54.6 Å². The van der Waals surface area contributed by atoms with Crippen LogP contribution < -0.4 is 9.47 Å². The van der Waals surface area contributed by atoms with E-state index in [9.17, 15) is 0 Å². The van der Waals surface area contributed by atoms with E-state index in [0.29, 0.717) is 5.75 Å². The molecule has 0 saturated carbocycles. The molecule has 2 heteroatoms. The highest BCUT2D eigenvalue weighted by molar-refractivity contribution is 5.22. The minimum atomic E-state index is -0.281. The lowest BCUT2D eigenvalue weighted by Crippen LogP contribution is -2.22. The van der Waals surface area contributed by atoms with Crippen LogP contribution in [0.4, 0.5) is 0 Å². The van der Waals surface area contributed by atoms with Crippen LogP contribution in [0.3, 0.4) is 0 Å². The van der Waals surface area contributed by atoms with Crippen molar-refractivity contribution in [3.63, 3.8) is 0 Å². The Morgan fingerprint density at radius 3 is 2.41 bits per heavy atom. The zero-order chi connectivity index (χ0) is 11.9. The van der Waals surface area contributed by atoms with Crippen molar-refractivity contribution in [2.45, 2.75) is 19.6 Å². The fraction of sp³-hybridized carbons (Fsp3) is 0.200. The van der Waals surface area contributed by atoms with Crippen molar-refractivity contribution in [2.24, 2.45) is 0 Å². The van der Waals surface area contributed by atoms with Gasteiger partial charge in [0.25, 0.3) is 0 Å². The van der Waals surface area contributed by atoms with Crippen molar-refractivity contribution in [1.29, 1.82) is 0 Å². The number of para-hydroxylation sites is 2. The maximum Gasteiger partial charge on any atom is 0.240 e. The summed E-state index contributed by atoms with van der Waals surface area (Å²) in [5, 5.41) is 0. The van der Waals surface area contributed by atoms with Gasteiger partial charge < -0.3 is 9.47 Å². The normalized spacial score (nSPS) is 10.2. The molecule has 1 unspecified atom stereocenters. The second-order valence-electron chi connectivity index (χ2n) is 3.61. The van der Waals surface area contributed by atoms with Crippen LogP contribution in [0.5, 0.6) is 11.5 Å². The molecule has 0 amide bonds. The highest BCUT2D eigenvalue weighted by Gasteiger charge is 2.09. The molecule has 0 fully saturated rings. The fourth-order valence-corrected chi connectivity index (χ4v) is 1.43. The molecule has 2 nitrogen and oxygen atoms in total. The Hall–Kier alpha value is -1.96. The molecule has 2 aromatic rings. The topological polar surface area (TPSA) is 18.5 Å². The Labute approximate surface area is 102 Å². The maximum absolute atomic E-state index is 5.73. The summed E-state index contributed by atoms with van der Waals surface area (Å²) in [6.45, 7) is 2.02. The van der Waals surface area contributed by atoms with Gasteiger partial charge in [-0.2, -0.15) is 0 Å². The first-order valence-corrected chi connectivity index (χ1v) is 5.73. The molecule has 2 rings (SSSR count). The Kier molecular flexibility index (Phi) is 4.03. The standard InChI is InChI=1S/C15H15O2/c1-2-15(16-13-9-5-3-6-10-13)17-14-11-7-4-8-12-14/h3-11,15H,2H2,1H3. The number of hydrogen-bond donors (Lipinski definition) is 0. The van der Waals surface area contributed by atoms with Gasteiger partial charge in [-0.05, 0) is 18.2 Å². The minimum absolute atomic E-state index is 0.281. The van der Waals surface area contributed by atoms with Gasteiger partial charge >= 0.3 is 0 Å². The Bertz CT molecular complexity index is 384. The predicted molar refractivity (Wildman–Crippen MR) is 67.1 cm³/mol. The van der Waals surface area contributed by atoms with Crippen molar-refractivity contribution in [3.05, 3.63) is 60.7 Å². The highest BCUT2D eigenvalue weighted by atomic mass is 16.7. The molecule has 0 aromatic heterocycles. The Morgan fingerprint density at radius 1 is 1.00 bits per heavy atom. The van der Waals surface area contributed by atoms with Crippen molar-refractivity contribution < 1.29 is 9.47 Å². The van der Waals surface area contributed by atoms with Gasteiger partial charge in [0.05, 0.1) is 0 Å². The minimum Gasteiger partial charge on any atom is -0.455 e. The van der Waals surface area contributed by atoms with Crippen LogP contribution in [0.1, 0.15) is 13.3 Å². The van der Waals surface area contributed by atoms with Crippen LogP contribution in [0.25, 0.3) is 0 Å². The average molecular weight is 227 g/mol. The molecule has 2 aromatic carbocycles. The van der Waals surface area contributed by atoms with E-state index in [-0.39, 0.29) is 6.29 Å². The molecule has 0 spiro atoms. The smallest absolute Gasteiger partial charge is 0.240 e. The van der Waals surface area contributed by atoms with E-state index < -0.39 is 0 Å². The Morgan fingerprint density at radius 2 is 1.76 bits per heavy atom. The summed E-state index contributed by atoms with van der Waals surface area (Å²) in [7, 11) is 0. The number of benzene rings is 2. The molecule has 1 radical (unpaired) electrons. The quantitative estimate of drug-likeness (QED) is 0.725. The summed E-state index contributed by atoms with van der Waals surface area (Å²) in [6.07, 6.45) is 0.494. The molecule has 1 atom stereocenters. The predicted octanol–water partition coefficient (Wildman–Crippen LogP) is 3.68. The first-order valence-electron chi connectivity index (χ1n) is 5.73. The summed E-state index contributed by atoms with van der Waals surface area (Å²) >= 11 is 0. The second-order valence-corrected chi connectivity index (χ2v) is 3.61. The number of rotatable bonds is 5. The fourth-order valence-electron chi connectivity index (χ4n) is 1.43. The monoisotopic (exact) mass is 227 g/mol. The van der Waals surface area contributed by atoms with Crippen molar-refractivity contribution in [3.8, 4) is 11.5 Å². The second kappa shape index (κ2) is 5.94. The lowest BCUT2D eigenvalue weighted by Gasteiger charge is -2.18. The van der Waals surface area contributed by atoms with Gasteiger partial charge in [0.1, 0.15) is 11.5 Å². The third kappa shape index (κ3) is 3.52. The van der Waals surface area contributed by atoms with Gasteiger partial charge in [0.2, 0.25) is 6.29 Å². The summed E-state index contributed by atoms with van der Waals surface area (Å²) in [5.74, 6) is 1.52. The van der Waals surface area contributed by atoms with Gasteiger partial charge in [0.15, 0.2) is 0 Å². The molecule has 0 aliphatic rings. The van der Waals surface area contributed by atoms with E-state index in [1.165, 1.54) is 0 Å². The van der Waals surface area contributed by atoms with Gasteiger partial charge in [0, 0.05) is 12.5 Å². The van der Waals surface area contributed by atoms with E-state index in [4.69, 9.17) is 9.47 Å². The summed E-state index contributed by atoms with van der Waals surface area (Å²) < 4.78 is 11.4. The average Bonchev–Trinajstić information content (AvgIpc) is 2.40. The lowest BCUT2D eigenvalue weighted by molar-refractivity contribution is 0.00311. The van der Waals surface area contributed by atoms with Crippen LogP contribution in [-0.2, 0) is 0 Å².